The number of carbonyl (C=O) groups is 1. The Morgan fingerprint density at radius 2 is 1.91 bits per heavy atom. The largest absolute Gasteiger partial charge is 0.436 e. The van der Waals surface area contributed by atoms with E-state index in [-0.39, 0.29) is 40.4 Å². The van der Waals surface area contributed by atoms with Gasteiger partial charge in [0.15, 0.2) is 11.6 Å². The Bertz CT molecular complexity index is 1450. The molecule has 2 aromatic carbocycles. The van der Waals surface area contributed by atoms with Crippen LogP contribution >= 0.6 is 0 Å². The molecule has 7 N–H and O–H groups in total. The van der Waals surface area contributed by atoms with E-state index in [1.54, 1.807) is 31.2 Å². The van der Waals surface area contributed by atoms with Crippen LogP contribution < -0.4 is 26.7 Å². The Hall–Kier alpha value is -5.18. The van der Waals surface area contributed by atoms with E-state index in [9.17, 15) is 10.1 Å². The van der Waals surface area contributed by atoms with E-state index in [1.165, 1.54) is 18.2 Å². The lowest BCUT2D eigenvalue weighted by molar-refractivity contribution is 0.0998. The number of H-pyrrole nitrogens is 1. The number of aromatic nitrogens is 4. The highest BCUT2D eigenvalue weighted by Gasteiger charge is 2.18. The molecular weight excluding hydrogens is 426 g/mol. The quantitative estimate of drug-likeness (QED) is 0.254. The molecule has 0 atom stereocenters. The zero-order chi connectivity index (χ0) is 23.5. The number of hydrogen-bond acceptors (Lipinski definition) is 8. The first-order chi connectivity index (χ1) is 15.8. The predicted molar refractivity (Wildman–Crippen MR) is 118 cm³/mol. The minimum Gasteiger partial charge on any atom is -0.436 e. The van der Waals surface area contributed by atoms with Gasteiger partial charge < -0.3 is 31.7 Å². The molecule has 0 bridgehead atoms. The third-order valence-electron chi connectivity index (χ3n) is 4.28. The summed E-state index contributed by atoms with van der Waals surface area (Å²) in [4.78, 5) is 31.7. The van der Waals surface area contributed by atoms with E-state index >= 15 is 0 Å². The van der Waals surface area contributed by atoms with Gasteiger partial charge in [-0.05, 0) is 37.3 Å². The summed E-state index contributed by atoms with van der Waals surface area (Å²) < 4.78 is 11.7. The van der Waals surface area contributed by atoms with E-state index < -0.39 is 5.91 Å². The number of ether oxygens (including phenoxy) is 2. The molecule has 4 rings (SSSR count). The van der Waals surface area contributed by atoms with Gasteiger partial charge in [-0.2, -0.15) is 15.2 Å². The Morgan fingerprint density at radius 1 is 1.09 bits per heavy atom. The van der Waals surface area contributed by atoms with Crippen LogP contribution in [0.2, 0.25) is 0 Å². The fourth-order valence-corrected chi connectivity index (χ4v) is 2.94. The van der Waals surface area contributed by atoms with Gasteiger partial charge >= 0.3 is 6.01 Å². The van der Waals surface area contributed by atoms with Gasteiger partial charge in [0.25, 0.3) is 11.8 Å². The van der Waals surface area contributed by atoms with Crippen molar-refractivity contribution < 1.29 is 14.3 Å². The molecule has 4 aromatic rings. The molecular formula is C21H17N9O3. The van der Waals surface area contributed by atoms with Crippen LogP contribution in [0.5, 0.6) is 23.4 Å². The van der Waals surface area contributed by atoms with Crippen LogP contribution in [0.15, 0.2) is 47.5 Å². The number of nitrogens with zero attached hydrogens (tertiary/aromatic N) is 5. The summed E-state index contributed by atoms with van der Waals surface area (Å²) in [5, 5.41) is 9.21. The fourth-order valence-electron chi connectivity index (χ4n) is 2.94. The van der Waals surface area contributed by atoms with Crippen LogP contribution in [0.3, 0.4) is 0 Å². The Labute approximate surface area is 186 Å². The third-order valence-corrected chi connectivity index (χ3v) is 4.28. The van der Waals surface area contributed by atoms with Crippen molar-refractivity contribution in [1.82, 2.24) is 19.9 Å². The number of primary amides is 1. The second kappa shape index (κ2) is 8.52. The Morgan fingerprint density at radius 3 is 2.64 bits per heavy atom. The third kappa shape index (κ3) is 4.62. The number of imidazole rings is 1. The zero-order valence-corrected chi connectivity index (χ0v) is 17.2. The van der Waals surface area contributed by atoms with Crippen LogP contribution in [-0.4, -0.2) is 31.8 Å². The summed E-state index contributed by atoms with van der Waals surface area (Å²) in [6, 6.07) is 12.8. The standard InChI is InChI=1S/C21H17N9O3/c1-10-26-16-18(27-10)29-21(32-13-4-2-3-12(8-13)28-20(24)25)30-19(16)33-15-7-11(9-22)5-6-14(15)17(23)31/h2-8H,1H3,(H2,23,31)(H4,24,25,28)(H,26,27,29,30). The molecule has 12 heteroatoms. The number of nitriles is 1. The number of aryl methyl sites for hydroxylation is 1. The maximum Gasteiger partial charge on any atom is 0.327 e. The van der Waals surface area contributed by atoms with Gasteiger partial charge in [-0.25, -0.2) is 9.98 Å². The van der Waals surface area contributed by atoms with E-state index in [1.807, 2.05) is 6.07 Å². The lowest BCUT2D eigenvalue weighted by Crippen LogP contribution is -2.21. The van der Waals surface area contributed by atoms with Crippen molar-refractivity contribution in [1.29, 1.82) is 5.26 Å². The van der Waals surface area contributed by atoms with Crippen molar-refractivity contribution in [2.24, 2.45) is 22.2 Å². The van der Waals surface area contributed by atoms with E-state index in [0.717, 1.165) is 0 Å². The molecule has 2 aromatic heterocycles. The number of fused-ring (bicyclic) bond motifs is 1. The van der Waals surface area contributed by atoms with Gasteiger partial charge in [-0.1, -0.05) is 6.07 Å². The topological polar surface area (TPSA) is 204 Å². The number of rotatable bonds is 6. The van der Waals surface area contributed by atoms with Crippen LogP contribution in [0, 0.1) is 18.3 Å². The Kier molecular flexibility index (Phi) is 5.44. The normalized spacial score (nSPS) is 10.4. The molecule has 33 heavy (non-hydrogen) atoms. The van der Waals surface area contributed by atoms with E-state index in [2.05, 4.69) is 24.9 Å². The highest BCUT2D eigenvalue weighted by molar-refractivity contribution is 5.96. The van der Waals surface area contributed by atoms with Crippen molar-refractivity contribution >= 4 is 28.7 Å². The van der Waals surface area contributed by atoms with Gasteiger partial charge in [-0.3, -0.25) is 4.79 Å². The first kappa shape index (κ1) is 21.1. The molecule has 2 heterocycles. The first-order valence-electron chi connectivity index (χ1n) is 9.46. The van der Waals surface area contributed by atoms with Gasteiger partial charge in [0.05, 0.1) is 22.9 Å². The fraction of sp³-hybridized carbons (Fsp3) is 0.0476. The number of nitrogens with one attached hydrogen (secondary N) is 1. The number of aliphatic imine (C=N–C) groups is 1. The summed E-state index contributed by atoms with van der Waals surface area (Å²) >= 11 is 0. The minimum atomic E-state index is -0.728. The molecule has 0 fully saturated rings. The average Bonchev–Trinajstić information content (AvgIpc) is 3.13. The van der Waals surface area contributed by atoms with Gasteiger partial charge in [-0.15, -0.1) is 0 Å². The van der Waals surface area contributed by atoms with Crippen molar-refractivity contribution in [2.75, 3.05) is 0 Å². The molecule has 0 aliphatic heterocycles. The highest BCUT2D eigenvalue weighted by Crippen LogP contribution is 2.32. The molecule has 0 aliphatic rings. The summed E-state index contributed by atoms with van der Waals surface area (Å²) in [6.45, 7) is 1.73. The lowest BCUT2D eigenvalue weighted by Gasteiger charge is -2.11. The second-order valence-corrected chi connectivity index (χ2v) is 6.76. The summed E-state index contributed by atoms with van der Waals surface area (Å²) in [6.07, 6.45) is 0. The molecule has 164 valence electrons. The van der Waals surface area contributed by atoms with E-state index in [4.69, 9.17) is 26.7 Å². The highest BCUT2D eigenvalue weighted by atomic mass is 16.5. The summed E-state index contributed by atoms with van der Waals surface area (Å²) in [5.41, 5.74) is 17.7. The Balaban J connectivity index is 1.77. The van der Waals surface area contributed by atoms with Gasteiger partial charge in [0.2, 0.25) is 0 Å². The summed E-state index contributed by atoms with van der Waals surface area (Å²) in [7, 11) is 0. The van der Waals surface area contributed by atoms with Crippen LogP contribution in [0.25, 0.3) is 11.2 Å². The molecule has 0 spiro atoms. The average molecular weight is 443 g/mol. The van der Waals surface area contributed by atoms with Crippen molar-refractivity contribution in [3.8, 4) is 29.5 Å². The number of hydrogen-bond donors (Lipinski definition) is 4. The van der Waals surface area contributed by atoms with E-state index in [0.29, 0.717) is 22.8 Å². The zero-order valence-electron chi connectivity index (χ0n) is 17.2. The first-order valence-corrected chi connectivity index (χ1v) is 9.46. The molecule has 0 saturated carbocycles. The monoisotopic (exact) mass is 443 g/mol. The van der Waals surface area contributed by atoms with Crippen molar-refractivity contribution in [3.05, 3.63) is 59.4 Å². The smallest absolute Gasteiger partial charge is 0.327 e. The molecule has 0 unspecified atom stereocenters. The summed E-state index contributed by atoms with van der Waals surface area (Å²) in [5.74, 6) is 0.158. The van der Waals surface area contributed by atoms with Crippen LogP contribution in [0.4, 0.5) is 5.69 Å². The minimum absolute atomic E-state index is 0.0218. The maximum atomic E-state index is 11.8. The van der Waals surface area contributed by atoms with Gasteiger partial charge in [0.1, 0.15) is 22.8 Å². The van der Waals surface area contributed by atoms with Crippen LogP contribution in [0.1, 0.15) is 21.7 Å². The molecule has 0 radical (unpaired) electrons. The second-order valence-electron chi connectivity index (χ2n) is 6.76. The SMILES string of the molecule is Cc1nc2nc(Oc3cccc(N=C(N)N)c3)nc(Oc3cc(C#N)ccc3C(N)=O)c2[nH]1. The van der Waals surface area contributed by atoms with Crippen molar-refractivity contribution in [2.45, 2.75) is 6.92 Å². The lowest BCUT2D eigenvalue weighted by atomic mass is 10.1. The maximum absolute atomic E-state index is 11.8. The number of guanidine groups is 1. The number of carbonyl (C=O) groups excluding carboxylic acids is 1. The number of aromatic amines is 1. The molecule has 1 amide bonds. The molecule has 0 aliphatic carbocycles. The molecule has 0 saturated heterocycles. The predicted octanol–water partition coefficient (Wildman–Crippen LogP) is 2.12. The number of benzene rings is 2. The molecule has 12 nitrogen and oxygen atoms in total. The van der Waals surface area contributed by atoms with Crippen molar-refractivity contribution in [3.63, 3.8) is 0 Å². The van der Waals surface area contributed by atoms with Gasteiger partial charge in [0, 0.05) is 6.07 Å². The van der Waals surface area contributed by atoms with Crippen LogP contribution in [-0.2, 0) is 0 Å². The number of amides is 1. The number of nitrogens with two attached hydrogens (primary N) is 3.